The van der Waals surface area contributed by atoms with Crippen LogP contribution in [0.1, 0.15) is 0 Å². The van der Waals surface area contributed by atoms with E-state index in [2.05, 4.69) is 173 Å². The lowest BCUT2D eigenvalue weighted by atomic mass is 10.0. The van der Waals surface area contributed by atoms with Crippen LogP contribution in [0.15, 0.2) is 180 Å². The Bertz CT molecular complexity index is 3460. The molecule has 12 aromatic rings. The highest BCUT2D eigenvalue weighted by molar-refractivity contribution is 6.20. The van der Waals surface area contributed by atoms with Gasteiger partial charge in [-0.1, -0.05) is 121 Å². The van der Waals surface area contributed by atoms with E-state index < -0.39 is 0 Å². The fraction of sp³-hybridized carbons (Fsp3) is 0. The normalized spacial score (nSPS) is 12.2. The van der Waals surface area contributed by atoms with Crippen LogP contribution in [0.2, 0.25) is 0 Å². The Morgan fingerprint density at radius 2 is 1.08 bits per heavy atom. The van der Waals surface area contributed by atoms with E-state index in [9.17, 15) is 0 Å². The van der Waals surface area contributed by atoms with Gasteiger partial charge in [-0.3, -0.25) is 0 Å². The van der Waals surface area contributed by atoms with Crippen molar-refractivity contribution >= 4 is 87.4 Å². The summed E-state index contributed by atoms with van der Waals surface area (Å²) in [6, 6.07) is 63.1. The van der Waals surface area contributed by atoms with Crippen molar-refractivity contribution in [2.45, 2.75) is 0 Å². The number of hydrogen-bond acceptors (Lipinski definition) is 2. The summed E-state index contributed by atoms with van der Waals surface area (Å²) in [4.78, 5) is 5.15. The number of fused-ring (bicyclic) bond motifs is 12. The van der Waals surface area contributed by atoms with E-state index in [1.807, 2.05) is 12.1 Å². The molecule has 0 aliphatic heterocycles. The highest BCUT2D eigenvalue weighted by atomic mass is 16.3. The van der Waals surface area contributed by atoms with Gasteiger partial charge < -0.3 is 13.6 Å². The summed E-state index contributed by atoms with van der Waals surface area (Å²) in [6.07, 6.45) is 0. The van der Waals surface area contributed by atoms with Crippen LogP contribution in [-0.2, 0) is 0 Å². The van der Waals surface area contributed by atoms with Gasteiger partial charge >= 0.3 is 0 Å². The summed E-state index contributed by atoms with van der Waals surface area (Å²) in [5.41, 5.74) is 12.6. The van der Waals surface area contributed by atoms with Crippen molar-refractivity contribution in [2.75, 3.05) is 0 Å². The molecule has 12 rings (SSSR count). The minimum Gasteiger partial charge on any atom is -0.452 e. The van der Waals surface area contributed by atoms with Gasteiger partial charge in [0, 0.05) is 43.4 Å². The molecular formula is C49H29N3O. The highest BCUT2D eigenvalue weighted by Gasteiger charge is 2.22. The van der Waals surface area contributed by atoms with Gasteiger partial charge in [-0.25, -0.2) is 4.98 Å². The van der Waals surface area contributed by atoms with Crippen LogP contribution in [0.3, 0.4) is 0 Å². The minimum atomic E-state index is 0.792. The Morgan fingerprint density at radius 3 is 1.98 bits per heavy atom. The average molecular weight is 676 g/mol. The monoisotopic (exact) mass is 675 g/mol. The first-order chi connectivity index (χ1) is 26.3. The second-order valence-electron chi connectivity index (χ2n) is 13.9. The second kappa shape index (κ2) is 10.7. The molecule has 8 aromatic carbocycles. The van der Waals surface area contributed by atoms with Crippen LogP contribution in [0, 0.1) is 0 Å². The quantitative estimate of drug-likeness (QED) is 0.187. The van der Waals surface area contributed by atoms with E-state index in [4.69, 9.17) is 9.40 Å². The number of rotatable bonds is 3. The molecule has 0 spiro atoms. The van der Waals surface area contributed by atoms with Gasteiger partial charge in [0.1, 0.15) is 16.8 Å². The average Bonchev–Trinajstić information content (AvgIpc) is 3.87. The molecule has 0 aliphatic carbocycles. The maximum Gasteiger partial charge on any atom is 0.178 e. The molecule has 0 fully saturated rings. The molecule has 0 bridgehead atoms. The van der Waals surface area contributed by atoms with Crippen LogP contribution < -0.4 is 0 Å². The molecule has 4 aromatic heterocycles. The van der Waals surface area contributed by atoms with Crippen molar-refractivity contribution in [3.8, 4) is 22.5 Å². The Balaban J connectivity index is 1.16. The summed E-state index contributed by atoms with van der Waals surface area (Å²) in [5, 5.41) is 9.43. The van der Waals surface area contributed by atoms with Gasteiger partial charge in [-0.05, 0) is 71.1 Å². The first-order valence-electron chi connectivity index (χ1n) is 18.1. The molecule has 0 atom stereocenters. The molecule has 0 radical (unpaired) electrons. The molecule has 0 unspecified atom stereocenters. The van der Waals surface area contributed by atoms with Gasteiger partial charge in [0.15, 0.2) is 5.58 Å². The molecular weight excluding hydrogens is 647 g/mol. The van der Waals surface area contributed by atoms with Crippen molar-refractivity contribution in [1.82, 2.24) is 14.1 Å². The molecule has 4 nitrogen and oxygen atoms in total. The lowest BCUT2D eigenvalue weighted by Crippen LogP contribution is -1.98. The Morgan fingerprint density at radius 1 is 0.415 bits per heavy atom. The fourth-order valence-corrected chi connectivity index (χ4v) is 8.74. The molecule has 53 heavy (non-hydrogen) atoms. The van der Waals surface area contributed by atoms with E-state index in [0.717, 1.165) is 60.9 Å². The maximum absolute atomic E-state index is 6.70. The van der Waals surface area contributed by atoms with Crippen LogP contribution >= 0.6 is 0 Å². The summed E-state index contributed by atoms with van der Waals surface area (Å²) in [7, 11) is 0. The number of pyridine rings is 1. The summed E-state index contributed by atoms with van der Waals surface area (Å²) >= 11 is 0. The zero-order valence-corrected chi connectivity index (χ0v) is 28.5. The molecule has 246 valence electrons. The lowest BCUT2D eigenvalue weighted by Gasteiger charge is -2.13. The summed E-state index contributed by atoms with van der Waals surface area (Å²) in [5.74, 6) is 0. The topological polar surface area (TPSA) is 35.9 Å². The van der Waals surface area contributed by atoms with Gasteiger partial charge in [-0.15, -0.1) is 0 Å². The minimum absolute atomic E-state index is 0.792. The Hall–Kier alpha value is -7.17. The zero-order valence-electron chi connectivity index (χ0n) is 28.5. The van der Waals surface area contributed by atoms with Crippen molar-refractivity contribution in [1.29, 1.82) is 0 Å². The van der Waals surface area contributed by atoms with E-state index in [1.54, 1.807) is 0 Å². The van der Waals surface area contributed by atoms with Crippen LogP contribution in [0.4, 0.5) is 0 Å². The SMILES string of the molecule is c1ccc(-n2c3ccc(-c4ccc5c6ccccc6n(-c6c7ccccc7nc7c6oc6ccccc67)c5c4)cc3c3ccc4ccccc4c32)cc1. The largest absolute Gasteiger partial charge is 0.452 e. The van der Waals surface area contributed by atoms with Crippen molar-refractivity contribution < 1.29 is 4.42 Å². The van der Waals surface area contributed by atoms with Crippen molar-refractivity contribution in [3.63, 3.8) is 0 Å². The van der Waals surface area contributed by atoms with Crippen LogP contribution in [0.25, 0.3) is 110 Å². The Kier molecular flexibility index (Phi) is 5.74. The number of hydrogen-bond donors (Lipinski definition) is 0. The van der Waals surface area contributed by atoms with Crippen molar-refractivity contribution in [3.05, 3.63) is 176 Å². The maximum atomic E-state index is 6.70. The third kappa shape index (κ3) is 3.98. The van der Waals surface area contributed by atoms with Crippen LogP contribution in [-0.4, -0.2) is 14.1 Å². The summed E-state index contributed by atoms with van der Waals surface area (Å²) < 4.78 is 11.5. The second-order valence-corrected chi connectivity index (χ2v) is 13.9. The smallest absolute Gasteiger partial charge is 0.178 e. The Labute approximate surface area is 303 Å². The number of para-hydroxylation sites is 4. The number of furan rings is 1. The highest BCUT2D eigenvalue weighted by Crippen LogP contribution is 2.43. The van der Waals surface area contributed by atoms with E-state index >= 15 is 0 Å². The first-order valence-corrected chi connectivity index (χ1v) is 18.1. The molecule has 0 saturated carbocycles. The third-order valence-electron chi connectivity index (χ3n) is 11.1. The van der Waals surface area contributed by atoms with E-state index in [-0.39, 0.29) is 0 Å². The molecule has 0 amide bonds. The third-order valence-corrected chi connectivity index (χ3v) is 11.1. The standard InChI is InChI=1S/C49H29N3O/c1-2-13-33(14-3-1)51-43-27-24-31(28-40(43)37-26-22-30-12-4-5-15-34(30)47(37)51)32-23-25-36-35-16-7-10-20-42(35)52(44(36)29-32)48-38-17-6-9-19-41(38)50-46-39-18-8-11-21-45(39)53-49(46)48/h1-29H. The summed E-state index contributed by atoms with van der Waals surface area (Å²) in [6.45, 7) is 0. The predicted octanol–water partition coefficient (Wildman–Crippen LogP) is 13.1. The predicted molar refractivity (Wildman–Crippen MR) is 221 cm³/mol. The zero-order chi connectivity index (χ0) is 34.6. The molecule has 4 heteroatoms. The van der Waals surface area contributed by atoms with Gasteiger partial charge in [0.05, 0.1) is 27.6 Å². The number of aromatic nitrogens is 3. The molecule has 0 saturated heterocycles. The molecule has 0 aliphatic rings. The van der Waals surface area contributed by atoms with Crippen molar-refractivity contribution in [2.24, 2.45) is 0 Å². The fourth-order valence-electron chi connectivity index (χ4n) is 8.74. The molecule has 0 N–H and O–H groups in total. The van der Waals surface area contributed by atoms with Gasteiger partial charge in [-0.2, -0.15) is 0 Å². The molecule has 4 heterocycles. The van der Waals surface area contributed by atoms with Gasteiger partial charge in [0.25, 0.3) is 0 Å². The van der Waals surface area contributed by atoms with E-state index in [1.165, 1.54) is 48.9 Å². The number of nitrogens with zero attached hydrogens (tertiary/aromatic N) is 3. The van der Waals surface area contributed by atoms with Gasteiger partial charge in [0.2, 0.25) is 0 Å². The van der Waals surface area contributed by atoms with Crippen LogP contribution in [0.5, 0.6) is 0 Å². The van der Waals surface area contributed by atoms with E-state index in [0.29, 0.717) is 0 Å². The first kappa shape index (κ1) is 28.5. The number of benzene rings is 8. The lowest BCUT2D eigenvalue weighted by molar-refractivity contribution is 0.666.